The molecule has 3 rings (SSSR count). The molecule has 0 aliphatic carbocycles. The molecule has 150 valence electrons. The van der Waals surface area contributed by atoms with Crippen molar-refractivity contribution in [1.82, 2.24) is 4.90 Å². The first-order valence-corrected chi connectivity index (χ1v) is 11.3. The van der Waals surface area contributed by atoms with Gasteiger partial charge < -0.3 is 10.2 Å². The van der Waals surface area contributed by atoms with Gasteiger partial charge in [0.05, 0.1) is 10.9 Å². The Morgan fingerprint density at radius 3 is 2.46 bits per heavy atom. The van der Waals surface area contributed by atoms with Gasteiger partial charge in [0.2, 0.25) is 0 Å². The highest BCUT2D eigenvalue weighted by Crippen LogP contribution is 2.24. The van der Waals surface area contributed by atoms with E-state index in [9.17, 15) is 17.6 Å². The number of rotatable bonds is 7. The zero-order valence-electron chi connectivity index (χ0n) is 15.9. The summed E-state index contributed by atoms with van der Waals surface area (Å²) in [7, 11) is -3.00. The molecule has 2 aromatic carbocycles. The van der Waals surface area contributed by atoms with E-state index in [2.05, 4.69) is 10.2 Å². The van der Waals surface area contributed by atoms with Gasteiger partial charge in [0.15, 0.2) is 5.78 Å². The third kappa shape index (κ3) is 5.39. The average molecular weight is 405 g/mol. The largest absolute Gasteiger partial charge is 0.355 e. The standard InChI is InChI=1S/C21H25FN2O3S/c1-28(26,27)18-9-12-24(13-10-18)14-11-21(25)19-8-7-16(22)15-20(19)23-17-5-3-2-4-6-17/h2-8,15,18,23H,9-14H2,1H3. The van der Waals surface area contributed by atoms with E-state index >= 15 is 0 Å². The normalized spacial score (nSPS) is 16.1. The number of carbonyl (C=O) groups excluding carboxylic acids is 1. The maximum Gasteiger partial charge on any atom is 0.166 e. The summed E-state index contributed by atoms with van der Waals surface area (Å²) in [5.74, 6) is -0.471. The molecule has 1 heterocycles. The molecule has 1 aliphatic rings. The Labute approximate surface area is 165 Å². The van der Waals surface area contributed by atoms with Crippen molar-refractivity contribution >= 4 is 27.0 Å². The minimum absolute atomic E-state index is 0.0660. The fraction of sp³-hybridized carbons (Fsp3) is 0.381. The number of halogens is 1. The number of para-hydroxylation sites is 1. The Bertz CT molecular complexity index is 924. The number of nitrogens with zero attached hydrogens (tertiary/aromatic N) is 1. The molecule has 1 fully saturated rings. The van der Waals surface area contributed by atoms with Crippen molar-refractivity contribution in [2.24, 2.45) is 0 Å². The van der Waals surface area contributed by atoms with Crippen LogP contribution in [0.25, 0.3) is 0 Å². The topological polar surface area (TPSA) is 66.5 Å². The van der Waals surface area contributed by atoms with E-state index in [0.29, 0.717) is 50.1 Å². The van der Waals surface area contributed by atoms with E-state index in [0.717, 1.165) is 5.69 Å². The number of carbonyl (C=O) groups is 1. The van der Waals surface area contributed by atoms with Crippen molar-refractivity contribution < 1.29 is 17.6 Å². The highest BCUT2D eigenvalue weighted by Gasteiger charge is 2.26. The van der Waals surface area contributed by atoms with E-state index in [-0.39, 0.29) is 11.0 Å². The molecule has 0 bridgehead atoms. The lowest BCUT2D eigenvalue weighted by molar-refractivity contribution is 0.0959. The average Bonchev–Trinajstić information content (AvgIpc) is 2.67. The van der Waals surface area contributed by atoms with E-state index < -0.39 is 15.7 Å². The fourth-order valence-corrected chi connectivity index (χ4v) is 4.56. The van der Waals surface area contributed by atoms with Crippen LogP contribution in [0.4, 0.5) is 15.8 Å². The lowest BCUT2D eigenvalue weighted by Crippen LogP contribution is -2.39. The number of hydrogen-bond donors (Lipinski definition) is 1. The quantitative estimate of drug-likeness (QED) is 0.714. The first-order valence-electron chi connectivity index (χ1n) is 9.39. The number of sulfone groups is 1. The van der Waals surface area contributed by atoms with E-state index in [1.54, 1.807) is 0 Å². The molecule has 2 aromatic rings. The van der Waals surface area contributed by atoms with Gasteiger partial charge in [0.25, 0.3) is 0 Å². The second-order valence-electron chi connectivity index (χ2n) is 7.22. The minimum atomic E-state index is -3.00. The molecule has 1 aliphatic heterocycles. The second kappa shape index (κ2) is 8.84. The molecule has 0 saturated carbocycles. The van der Waals surface area contributed by atoms with Crippen molar-refractivity contribution in [2.45, 2.75) is 24.5 Å². The van der Waals surface area contributed by atoms with Crippen LogP contribution >= 0.6 is 0 Å². The molecule has 0 unspecified atom stereocenters. The van der Waals surface area contributed by atoms with Crippen LogP contribution in [-0.2, 0) is 9.84 Å². The Balaban J connectivity index is 1.62. The summed E-state index contributed by atoms with van der Waals surface area (Å²) in [5, 5.41) is 2.83. The number of piperidine rings is 1. The zero-order chi connectivity index (χ0) is 20.1. The third-order valence-electron chi connectivity index (χ3n) is 5.13. The van der Waals surface area contributed by atoms with Gasteiger partial charge in [0, 0.05) is 30.5 Å². The smallest absolute Gasteiger partial charge is 0.166 e. The molecule has 0 radical (unpaired) electrons. The van der Waals surface area contributed by atoms with Crippen LogP contribution in [0.15, 0.2) is 48.5 Å². The lowest BCUT2D eigenvalue weighted by Gasteiger charge is -2.30. The second-order valence-corrected chi connectivity index (χ2v) is 9.55. The van der Waals surface area contributed by atoms with Crippen LogP contribution in [0, 0.1) is 5.82 Å². The summed E-state index contributed by atoms with van der Waals surface area (Å²) in [6.07, 6.45) is 2.79. The lowest BCUT2D eigenvalue weighted by atomic mass is 10.0. The highest BCUT2D eigenvalue weighted by molar-refractivity contribution is 7.91. The Kier molecular flexibility index (Phi) is 6.46. The first kappa shape index (κ1) is 20.5. The maximum atomic E-state index is 13.7. The van der Waals surface area contributed by atoms with Crippen molar-refractivity contribution in [3.05, 3.63) is 59.9 Å². The molecule has 0 aromatic heterocycles. The molecule has 1 saturated heterocycles. The van der Waals surface area contributed by atoms with Gasteiger partial charge in [-0.25, -0.2) is 12.8 Å². The minimum Gasteiger partial charge on any atom is -0.355 e. The Hall–Kier alpha value is -2.25. The van der Waals surface area contributed by atoms with Crippen LogP contribution in [0.1, 0.15) is 29.6 Å². The number of nitrogens with one attached hydrogen (secondary N) is 1. The van der Waals surface area contributed by atoms with Gasteiger partial charge in [-0.05, 0) is 56.3 Å². The molecule has 1 N–H and O–H groups in total. The summed E-state index contributed by atoms with van der Waals surface area (Å²) >= 11 is 0. The monoisotopic (exact) mass is 404 g/mol. The van der Waals surface area contributed by atoms with Crippen LogP contribution in [0.5, 0.6) is 0 Å². The van der Waals surface area contributed by atoms with Crippen molar-refractivity contribution in [3.8, 4) is 0 Å². The maximum absolute atomic E-state index is 13.7. The number of Topliss-reactive ketones (excluding diaryl/α,β-unsaturated/α-hetero) is 1. The number of ketones is 1. The van der Waals surface area contributed by atoms with Gasteiger partial charge in [-0.3, -0.25) is 4.79 Å². The highest BCUT2D eigenvalue weighted by atomic mass is 32.2. The first-order chi connectivity index (χ1) is 13.3. The molecule has 0 amide bonds. The summed E-state index contributed by atoms with van der Waals surface area (Å²) in [4.78, 5) is 14.9. The van der Waals surface area contributed by atoms with Crippen molar-refractivity contribution in [3.63, 3.8) is 0 Å². The van der Waals surface area contributed by atoms with Gasteiger partial charge in [-0.1, -0.05) is 18.2 Å². The van der Waals surface area contributed by atoms with E-state index in [1.165, 1.54) is 24.5 Å². The summed E-state index contributed by atoms with van der Waals surface area (Å²) in [5.41, 5.74) is 1.69. The number of anilines is 2. The Morgan fingerprint density at radius 1 is 1.14 bits per heavy atom. The van der Waals surface area contributed by atoms with E-state index in [4.69, 9.17) is 0 Å². The SMILES string of the molecule is CS(=O)(=O)C1CCN(CCC(=O)c2ccc(F)cc2Nc2ccccc2)CC1. The molecule has 7 heteroatoms. The number of likely N-dealkylation sites (tertiary alicyclic amines) is 1. The van der Waals surface area contributed by atoms with Gasteiger partial charge in [-0.15, -0.1) is 0 Å². The summed E-state index contributed by atoms with van der Waals surface area (Å²) < 4.78 is 37.0. The molecule has 0 spiro atoms. The van der Waals surface area contributed by atoms with Crippen LogP contribution in [-0.4, -0.2) is 50.2 Å². The Morgan fingerprint density at radius 2 is 1.82 bits per heavy atom. The van der Waals surface area contributed by atoms with Crippen LogP contribution < -0.4 is 5.32 Å². The predicted molar refractivity (Wildman–Crippen MR) is 109 cm³/mol. The molecule has 5 nitrogen and oxygen atoms in total. The van der Waals surface area contributed by atoms with Crippen molar-refractivity contribution in [1.29, 1.82) is 0 Å². The van der Waals surface area contributed by atoms with Crippen molar-refractivity contribution in [2.75, 3.05) is 31.2 Å². The molecular formula is C21H25FN2O3S. The van der Waals surface area contributed by atoms with Crippen LogP contribution in [0.2, 0.25) is 0 Å². The summed E-state index contributed by atoms with van der Waals surface area (Å²) in [6, 6.07) is 13.5. The van der Waals surface area contributed by atoms with Gasteiger partial charge >= 0.3 is 0 Å². The molecule has 0 atom stereocenters. The molecular weight excluding hydrogens is 379 g/mol. The van der Waals surface area contributed by atoms with Gasteiger partial charge in [-0.2, -0.15) is 0 Å². The fourth-order valence-electron chi connectivity index (χ4n) is 3.50. The predicted octanol–water partition coefficient (Wildman–Crippen LogP) is 3.65. The van der Waals surface area contributed by atoms with Crippen LogP contribution in [0.3, 0.4) is 0 Å². The number of benzene rings is 2. The molecule has 28 heavy (non-hydrogen) atoms. The van der Waals surface area contributed by atoms with Gasteiger partial charge in [0.1, 0.15) is 15.7 Å². The summed E-state index contributed by atoms with van der Waals surface area (Å²) in [6.45, 7) is 1.91. The zero-order valence-corrected chi connectivity index (χ0v) is 16.7. The van der Waals surface area contributed by atoms with E-state index in [1.807, 2.05) is 30.3 Å². The number of hydrogen-bond acceptors (Lipinski definition) is 5. The third-order valence-corrected chi connectivity index (χ3v) is 6.81.